The average Bonchev–Trinajstić information content (AvgIpc) is 3.41. The van der Waals surface area contributed by atoms with Gasteiger partial charge in [0.05, 0.1) is 5.56 Å². The highest BCUT2D eigenvalue weighted by atomic mass is 19.4. The van der Waals surface area contributed by atoms with Crippen molar-refractivity contribution in [1.29, 1.82) is 0 Å². The predicted molar refractivity (Wildman–Crippen MR) is 135 cm³/mol. The summed E-state index contributed by atoms with van der Waals surface area (Å²) in [6.07, 6.45) is 1.41. The van der Waals surface area contributed by atoms with Crippen molar-refractivity contribution in [3.63, 3.8) is 0 Å². The number of alkyl halides is 3. The number of para-hydroxylation sites is 1. The number of hydrogen-bond acceptors (Lipinski definition) is 7. The Morgan fingerprint density at radius 3 is 2.11 bits per heavy atom. The monoisotopic (exact) mass is 518 g/mol. The number of nitrogens with zero attached hydrogens (tertiary/aromatic N) is 5. The minimum absolute atomic E-state index is 0.120. The molecule has 0 atom stereocenters. The average molecular weight is 518 g/mol. The molecule has 38 heavy (non-hydrogen) atoms. The van der Waals surface area contributed by atoms with Gasteiger partial charge in [0.25, 0.3) is 0 Å². The molecular weight excluding hydrogens is 497 g/mol. The molecule has 0 amide bonds. The highest BCUT2D eigenvalue weighted by molar-refractivity contribution is 5.76. The van der Waals surface area contributed by atoms with Gasteiger partial charge >= 0.3 is 12.2 Å². The lowest BCUT2D eigenvalue weighted by molar-refractivity contribution is -0.141. The van der Waals surface area contributed by atoms with E-state index in [2.05, 4.69) is 25.4 Å². The highest BCUT2D eigenvalue weighted by Gasteiger charge is 2.37. The quantitative estimate of drug-likeness (QED) is 0.272. The van der Waals surface area contributed by atoms with Crippen LogP contribution in [0.5, 0.6) is 11.8 Å². The molecule has 0 bridgehead atoms. The van der Waals surface area contributed by atoms with Crippen molar-refractivity contribution < 1.29 is 22.7 Å². The van der Waals surface area contributed by atoms with Crippen LogP contribution in [0.2, 0.25) is 0 Å². The molecule has 0 saturated heterocycles. The van der Waals surface area contributed by atoms with Crippen molar-refractivity contribution in [3.05, 3.63) is 109 Å². The molecule has 2 aromatic carbocycles. The minimum atomic E-state index is -4.66. The first kappa shape index (κ1) is 26.0. The lowest BCUT2D eigenvalue weighted by Gasteiger charge is -2.05. The number of benzene rings is 2. The Morgan fingerprint density at radius 2 is 1.55 bits per heavy atom. The number of pyridine rings is 1. The molecule has 0 spiro atoms. The molecule has 3 aromatic heterocycles. The Labute approximate surface area is 215 Å². The Kier molecular flexibility index (Phi) is 8.07. The zero-order chi connectivity index (χ0) is 27.0. The van der Waals surface area contributed by atoms with Crippen LogP contribution in [0.25, 0.3) is 16.9 Å². The molecule has 11 heteroatoms. The van der Waals surface area contributed by atoms with Crippen LogP contribution in [0.3, 0.4) is 0 Å². The highest BCUT2D eigenvalue weighted by Crippen LogP contribution is 2.30. The molecule has 0 aliphatic heterocycles. The van der Waals surface area contributed by atoms with Crippen LogP contribution in [0, 0.1) is 0 Å². The summed E-state index contributed by atoms with van der Waals surface area (Å²) in [5.41, 5.74) is 1.38. The van der Waals surface area contributed by atoms with Crippen LogP contribution in [0.4, 0.5) is 18.9 Å². The van der Waals surface area contributed by atoms with Gasteiger partial charge in [-0.3, -0.25) is 4.79 Å². The first-order chi connectivity index (χ1) is 18.4. The normalized spacial score (nSPS) is 10.7. The molecular formula is C27H21F3N6O2. The van der Waals surface area contributed by atoms with Gasteiger partial charge in [0.15, 0.2) is 17.8 Å². The molecule has 5 rings (SSSR count). The molecule has 5 aromatic rings. The summed E-state index contributed by atoms with van der Waals surface area (Å²) in [7, 11) is 1.90. The second-order valence-corrected chi connectivity index (χ2v) is 7.68. The van der Waals surface area contributed by atoms with E-state index in [9.17, 15) is 18.0 Å². The van der Waals surface area contributed by atoms with E-state index in [0.717, 1.165) is 33.4 Å². The summed E-state index contributed by atoms with van der Waals surface area (Å²) < 4.78 is 44.0. The molecule has 1 N–H and O–H groups in total. The third kappa shape index (κ3) is 6.58. The Balaban J connectivity index is 0.000000181. The second-order valence-electron chi connectivity index (χ2n) is 7.68. The van der Waals surface area contributed by atoms with Crippen LogP contribution in [-0.2, 0) is 6.18 Å². The third-order valence-corrected chi connectivity index (χ3v) is 5.11. The predicted octanol–water partition coefficient (Wildman–Crippen LogP) is 6.08. The summed E-state index contributed by atoms with van der Waals surface area (Å²) in [6, 6.07) is 22.7. The van der Waals surface area contributed by atoms with Crippen LogP contribution < -0.4 is 10.1 Å². The summed E-state index contributed by atoms with van der Waals surface area (Å²) in [5, 5.41) is 6.41. The number of rotatable bonds is 6. The van der Waals surface area contributed by atoms with E-state index >= 15 is 0 Å². The van der Waals surface area contributed by atoms with Crippen molar-refractivity contribution in [2.24, 2.45) is 0 Å². The van der Waals surface area contributed by atoms with Gasteiger partial charge in [0, 0.05) is 43.1 Å². The first-order valence-electron chi connectivity index (χ1n) is 11.2. The zero-order valence-electron chi connectivity index (χ0n) is 20.0. The zero-order valence-corrected chi connectivity index (χ0v) is 20.0. The summed E-state index contributed by atoms with van der Waals surface area (Å²) in [5.74, 6) is 0.940. The largest absolute Gasteiger partial charge is 0.435 e. The number of anilines is 1. The number of aldehydes is 1. The maximum absolute atomic E-state index is 12.5. The molecule has 8 nitrogen and oxygen atoms in total. The number of carbonyl (C=O) groups is 1. The fourth-order valence-electron chi connectivity index (χ4n) is 3.24. The molecule has 0 aliphatic rings. The fourth-order valence-corrected chi connectivity index (χ4v) is 3.24. The van der Waals surface area contributed by atoms with Gasteiger partial charge in [0.1, 0.15) is 5.75 Å². The Hall–Kier alpha value is -5.06. The standard InChI is InChI=1S/C17H15N3O.C10H6F3N3O/c1-18-15-9-7-13(8-10-15)14-11-19-17(20-12-14)21-16-5-3-2-4-6-16;11-10(12,13)9-7(6-17)5-16(15-9)8-3-1-2-4-14-8/h2-12,18H,1H3;1-6H. The van der Waals surface area contributed by atoms with Gasteiger partial charge in [-0.05, 0) is 42.0 Å². The van der Waals surface area contributed by atoms with Crippen molar-refractivity contribution in [1.82, 2.24) is 24.7 Å². The van der Waals surface area contributed by atoms with E-state index in [-0.39, 0.29) is 12.1 Å². The lowest BCUT2D eigenvalue weighted by Crippen LogP contribution is -2.09. The van der Waals surface area contributed by atoms with Crippen molar-refractivity contribution in [2.75, 3.05) is 12.4 Å². The van der Waals surface area contributed by atoms with Crippen LogP contribution in [0.1, 0.15) is 16.1 Å². The number of aromatic nitrogens is 5. The fraction of sp³-hybridized carbons (Fsp3) is 0.0741. The Bertz CT molecular complexity index is 1460. The van der Waals surface area contributed by atoms with Crippen molar-refractivity contribution in [3.8, 4) is 28.7 Å². The van der Waals surface area contributed by atoms with Crippen LogP contribution >= 0.6 is 0 Å². The van der Waals surface area contributed by atoms with E-state index in [1.807, 2.05) is 61.6 Å². The molecule has 0 fully saturated rings. The summed E-state index contributed by atoms with van der Waals surface area (Å²) in [4.78, 5) is 22.9. The lowest BCUT2D eigenvalue weighted by atomic mass is 10.1. The molecule has 0 radical (unpaired) electrons. The first-order valence-corrected chi connectivity index (χ1v) is 11.2. The van der Waals surface area contributed by atoms with Gasteiger partial charge in [-0.15, -0.1) is 0 Å². The summed E-state index contributed by atoms with van der Waals surface area (Å²) >= 11 is 0. The molecule has 0 aliphatic carbocycles. The van der Waals surface area contributed by atoms with Gasteiger partial charge in [0.2, 0.25) is 0 Å². The van der Waals surface area contributed by atoms with E-state index in [0.29, 0.717) is 6.01 Å². The second kappa shape index (κ2) is 11.8. The smallest absolute Gasteiger partial charge is 0.424 e. The number of hydrogen-bond donors (Lipinski definition) is 1. The minimum Gasteiger partial charge on any atom is -0.424 e. The van der Waals surface area contributed by atoms with Crippen molar-refractivity contribution in [2.45, 2.75) is 6.18 Å². The maximum atomic E-state index is 12.5. The van der Waals surface area contributed by atoms with Crippen molar-refractivity contribution >= 4 is 12.0 Å². The van der Waals surface area contributed by atoms with Gasteiger partial charge in [-0.25, -0.2) is 19.6 Å². The van der Waals surface area contributed by atoms with E-state index in [1.165, 1.54) is 12.3 Å². The molecule has 192 valence electrons. The number of halogens is 3. The molecule has 3 heterocycles. The summed E-state index contributed by atoms with van der Waals surface area (Å²) in [6.45, 7) is 0. The van der Waals surface area contributed by atoms with Crippen LogP contribution in [-0.4, -0.2) is 38.1 Å². The Morgan fingerprint density at radius 1 is 0.868 bits per heavy atom. The molecule has 0 unspecified atom stereocenters. The van der Waals surface area contributed by atoms with E-state index < -0.39 is 17.4 Å². The molecule has 0 saturated carbocycles. The number of nitrogens with one attached hydrogen (secondary N) is 1. The van der Waals surface area contributed by atoms with Crippen LogP contribution in [0.15, 0.2) is 97.6 Å². The van der Waals surface area contributed by atoms with Gasteiger partial charge < -0.3 is 10.1 Å². The van der Waals surface area contributed by atoms with E-state index in [1.54, 1.807) is 24.5 Å². The van der Waals surface area contributed by atoms with Gasteiger partial charge in [-0.2, -0.15) is 18.3 Å². The van der Waals surface area contributed by atoms with E-state index in [4.69, 9.17) is 4.74 Å². The third-order valence-electron chi connectivity index (χ3n) is 5.11. The topological polar surface area (TPSA) is 94.8 Å². The SMILES string of the molecule is CNc1ccc(-c2cnc(Oc3ccccc3)nc2)cc1.O=Cc1cn(-c2ccccn2)nc1C(F)(F)F. The van der Waals surface area contributed by atoms with Gasteiger partial charge in [-0.1, -0.05) is 36.4 Å². The number of ether oxygens (including phenoxy) is 1. The number of carbonyl (C=O) groups excluding carboxylic acids is 1. The maximum Gasteiger partial charge on any atom is 0.435 e.